The number of thioether (sulfide) groups is 1. The van der Waals surface area contributed by atoms with Crippen LogP contribution < -0.4 is 5.32 Å². The maximum atomic E-state index is 12.2. The van der Waals surface area contributed by atoms with Gasteiger partial charge in [0.25, 0.3) is 0 Å². The maximum Gasteiger partial charge on any atom is 0.230 e. The first-order chi connectivity index (χ1) is 14.9. The molecule has 7 heteroatoms. The molecule has 3 rings (SSSR count). The summed E-state index contributed by atoms with van der Waals surface area (Å²) in [7, 11) is 1.66. The van der Waals surface area contributed by atoms with E-state index in [2.05, 4.69) is 60.6 Å². The Labute approximate surface area is 188 Å². The third kappa shape index (κ3) is 6.18. The third-order valence-corrected chi connectivity index (χ3v) is 5.77. The first-order valence-corrected chi connectivity index (χ1v) is 11.4. The van der Waals surface area contributed by atoms with E-state index in [0.717, 1.165) is 23.5 Å². The fourth-order valence-corrected chi connectivity index (χ4v) is 3.89. The minimum Gasteiger partial charge on any atom is -0.385 e. The summed E-state index contributed by atoms with van der Waals surface area (Å²) >= 11 is 1.38. The van der Waals surface area contributed by atoms with Crippen LogP contribution in [0.1, 0.15) is 32.8 Å². The highest BCUT2D eigenvalue weighted by Gasteiger charge is 2.18. The Hall–Kier alpha value is -2.64. The maximum absolute atomic E-state index is 12.2. The van der Waals surface area contributed by atoms with Crippen molar-refractivity contribution in [3.8, 4) is 17.1 Å². The van der Waals surface area contributed by atoms with Gasteiger partial charge in [0.2, 0.25) is 5.91 Å². The number of rotatable bonds is 9. The van der Waals surface area contributed by atoms with Gasteiger partial charge < -0.3 is 10.1 Å². The molecule has 0 saturated heterocycles. The van der Waals surface area contributed by atoms with Crippen LogP contribution in [-0.2, 0) is 14.9 Å². The molecule has 0 saturated carbocycles. The van der Waals surface area contributed by atoms with Gasteiger partial charge in [-0.1, -0.05) is 75.0 Å². The molecule has 0 aliphatic rings. The minimum atomic E-state index is -0.0280. The number of para-hydroxylation sites is 1. The average Bonchev–Trinajstić information content (AvgIpc) is 3.19. The zero-order chi connectivity index (χ0) is 22.3. The number of amides is 1. The number of ether oxygens (including phenoxy) is 1. The molecule has 0 unspecified atom stereocenters. The highest BCUT2D eigenvalue weighted by molar-refractivity contribution is 7.99. The van der Waals surface area contributed by atoms with E-state index in [4.69, 9.17) is 4.74 Å². The van der Waals surface area contributed by atoms with Crippen LogP contribution in [-0.4, -0.2) is 46.7 Å². The molecule has 0 spiro atoms. The van der Waals surface area contributed by atoms with Gasteiger partial charge in [0.1, 0.15) is 0 Å². The smallest absolute Gasteiger partial charge is 0.230 e. The van der Waals surface area contributed by atoms with E-state index in [9.17, 15) is 4.79 Å². The molecule has 31 heavy (non-hydrogen) atoms. The zero-order valence-electron chi connectivity index (χ0n) is 18.6. The van der Waals surface area contributed by atoms with E-state index < -0.39 is 0 Å². The second-order valence-electron chi connectivity index (χ2n) is 8.29. The molecule has 1 N–H and O–H groups in total. The van der Waals surface area contributed by atoms with Gasteiger partial charge in [0.05, 0.1) is 5.75 Å². The monoisotopic (exact) mass is 438 g/mol. The Kier molecular flexibility index (Phi) is 7.87. The Balaban J connectivity index is 1.83. The highest BCUT2D eigenvalue weighted by atomic mass is 32.2. The first kappa shape index (κ1) is 23.0. The van der Waals surface area contributed by atoms with Crippen molar-refractivity contribution in [2.75, 3.05) is 26.0 Å². The van der Waals surface area contributed by atoms with Gasteiger partial charge >= 0.3 is 0 Å². The number of aromatic nitrogens is 3. The van der Waals surface area contributed by atoms with Crippen LogP contribution in [0, 0.1) is 0 Å². The van der Waals surface area contributed by atoms with Crippen molar-refractivity contribution in [3.63, 3.8) is 0 Å². The predicted molar refractivity (Wildman–Crippen MR) is 126 cm³/mol. The van der Waals surface area contributed by atoms with E-state index in [-0.39, 0.29) is 17.1 Å². The number of nitrogens with zero attached hydrogens (tertiary/aromatic N) is 3. The van der Waals surface area contributed by atoms with Crippen LogP contribution in [0.3, 0.4) is 0 Å². The predicted octanol–water partition coefficient (Wildman–Crippen LogP) is 4.48. The van der Waals surface area contributed by atoms with Crippen molar-refractivity contribution in [1.82, 2.24) is 20.1 Å². The van der Waals surface area contributed by atoms with E-state index in [0.29, 0.717) is 18.3 Å². The van der Waals surface area contributed by atoms with Crippen molar-refractivity contribution >= 4 is 17.7 Å². The van der Waals surface area contributed by atoms with Crippen molar-refractivity contribution in [2.45, 2.75) is 37.8 Å². The van der Waals surface area contributed by atoms with Gasteiger partial charge in [-0.15, -0.1) is 10.2 Å². The van der Waals surface area contributed by atoms with E-state index in [1.54, 1.807) is 7.11 Å². The summed E-state index contributed by atoms with van der Waals surface area (Å²) in [5.74, 6) is 1.01. The summed E-state index contributed by atoms with van der Waals surface area (Å²) in [5, 5.41) is 12.5. The molecule has 1 aromatic heterocycles. The van der Waals surface area contributed by atoms with E-state index >= 15 is 0 Å². The normalized spacial score (nSPS) is 11.5. The molecule has 3 aromatic rings. The molecular weight excluding hydrogens is 408 g/mol. The topological polar surface area (TPSA) is 69.0 Å². The molecular formula is C24H30N4O2S. The Morgan fingerprint density at radius 3 is 2.42 bits per heavy atom. The summed E-state index contributed by atoms with van der Waals surface area (Å²) in [6, 6.07) is 18.4. The SMILES string of the molecule is COCCCNC(=O)CSc1nnc(-c2ccc(C(C)(C)C)cc2)n1-c1ccccc1. The summed E-state index contributed by atoms with van der Waals surface area (Å²) in [5.41, 5.74) is 3.30. The lowest BCUT2D eigenvalue weighted by Gasteiger charge is -2.19. The molecule has 164 valence electrons. The minimum absolute atomic E-state index is 0.0280. The number of benzene rings is 2. The molecule has 0 bridgehead atoms. The van der Waals surface area contributed by atoms with Crippen molar-refractivity contribution in [2.24, 2.45) is 0 Å². The second-order valence-corrected chi connectivity index (χ2v) is 9.23. The molecule has 0 fully saturated rings. The number of carbonyl (C=O) groups is 1. The van der Waals surface area contributed by atoms with E-state index in [1.807, 2.05) is 34.9 Å². The van der Waals surface area contributed by atoms with Gasteiger partial charge in [0.15, 0.2) is 11.0 Å². The van der Waals surface area contributed by atoms with Crippen molar-refractivity contribution in [1.29, 1.82) is 0 Å². The lowest BCUT2D eigenvalue weighted by molar-refractivity contribution is -0.118. The first-order valence-electron chi connectivity index (χ1n) is 10.4. The lowest BCUT2D eigenvalue weighted by atomic mass is 9.87. The summed E-state index contributed by atoms with van der Waals surface area (Å²) in [4.78, 5) is 12.2. The molecule has 1 amide bonds. The van der Waals surface area contributed by atoms with Crippen LogP contribution in [0.4, 0.5) is 0 Å². The van der Waals surface area contributed by atoms with Crippen molar-refractivity contribution < 1.29 is 9.53 Å². The van der Waals surface area contributed by atoms with Gasteiger partial charge in [-0.25, -0.2) is 0 Å². The van der Waals surface area contributed by atoms with Crippen molar-refractivity contribution in [3.05, 3.63) is 60.2 Å². The fraction of sp³-hybridized carbons (Fsp3) is 0.375. The Morgan fingerprint density at radius 2 is 1.77 bits per heavy atom. The Bertz CT molecular complexity index is 979. The lowest BCUT2D eigenvalue weighted by Crippen LogP contribution is -2.26. The summed E-state index contributed by atoms with van der Waals surface area (Å²) in [6.45, 7) is 7.83. The van der Waals surface area contributed by atoms with E-state index in [1.165, 1.54) is 17.3 Å². The van der Waals surface area contributed by atoms with Crippen LogP contribution in [0.15, 0.2) is 59.8 Å². The summed E-state index contributed by atoms with van der Waals surface area (Å²) < 4.78 is 7.02. The fourth-order valence-electron chi connectivity index (χ4n) is 3.10. The molecule has 2 aromatic carbocycles. The number of nitrogens with one attached hydrogen (secondary N) is 1. The molecule has 0 aliphatic heterocycles. The number of hydrogen-bond donors (Lipinski definition) is 1. The number of carbonyl (C=O) groups excluding carboxylic acids is 1. The van der Waals surface area contributed by atoms with Crippen LogP contribution >= 0.6 is 11.8 Å². The zero-order valence-corrected chi connectivity index (χ0v) is 19.4. The van der Waals surface area contributed by atoms with Gasteiger partial charge in [-0.3, -0.25) is 9.36 Å². The molecule has 6 nitrogen and oxygen atoms in total. The number of methoxy groups -OCH3 is 1. The van der Waals surface area contributed by atoms with Gasteiger partial charge in [-0.2, -0.15) is 0 Å². The van der Waals surface area contributed by atoms with Crippen LogP contribution in [0.25, 0.3) is 17.1 Å². The average molecular weight is 439 g/mol. The molecule has 0 atom stereocenters. The highest BCUT2D eigenvalue weighted by Crippen LogP contribution is 2.30. The molecule has 0 radical (unpaired) electrons. The quantitative estimate of drug-likeness (QED) is 0.394. The second kappa shape index (κ2) is 10.6. The number of hydrogen-bond acceptors (Lipinski definition) is 5. The standard InChI is InChI=1S/C24H30N4O2S/c1-24(2,3)19-13-11-18(12-14-19)22-26-27-23(28(22)20-9-6-5-7-10-20)31-17-21(29)25-15-8-16-30-4/h5-7,9-14H,8,15-17H2,1-4H3,(H,25,29). The molecule has 1 heterocycles. The molecule has 0 aliphatic carbocycles. The third-order valence-electron chi connectivity index (χ3n) is 4.84. The van der Waals surface area contributed by atoms with Crippen LogP contribution in [0.5, 0.6) is 0 Å². The largest absolute Gasteiger partial charge is 0.385 e. The Morgan fingerprint density at radius 1 is 1.06 bits per heavy atom. The van der Waals surface area contributed by atoms with Gasteiger partial charge in [0, 0.05) is 31.5 Å². The summed E-state index contributed by atoms with van der Waals surface area (Å²) in [6.07, 6.45) is 0.793. The van der Waals surface area contributed by atoms with Crippen LogP contribution in [0.2, 0.25) is 0 Å². The van der Waals surface area contributed by atoms with Gasteiger partial charge in [-0.05, 0) is 29.5 Å².